The van der Waals surface area contributed by atoms with Gasteiger partial charge in [0.1, 0.15) is 0 Å². The van der Waals surface area contributed by atoms with Crippen molar-refractivity contribution in [2.75, 3.05) is 0 Å². The van der Waals surface area contributed by atoms with Gasteiger partial charge in [0.25, 0.3) is 0 Å². The maximum Gasteiger partial charge on any atom is 0.159 e. The number of aromatic amines is 1. The quantitative estimate of drug-likeness (QED) is 0.589. The van der Waals surface area contributed by atoms with Crippen molar-refractivity contribution in [3.05, 3.63) is 72.7 Å². The normalized spacial score (nSPS) is 11.0. The lowest BCUT2D eigenvalue weighted by Gasteiger charge is -2.05. The topological polar surface area (TPSA) is 41.6 Å². The Morgan fingerprint density at radius 3 is 2.57 bits per heavy atom. The highest BCUT2D eigenvalue weighted by Gasteiger charge is 2.13. The molecule has 0 unspecified atom stereocenters. The predicted octanol–water partition coefficient (Wildman–Crippen LogP) is 4.57. The smallest absolute Gasteiger partial charge is 0.159 e. The van der Waals surface area contributed by atoms with Gasteiger partial charge in [0.2, 0.25) is 0 Å². The lowest BCUT2D eigenvalue weighted by molar-refractivity contribution is 0.509. The van der Waals surface area contributed by atoms with Crippen LogP contribution in [0.15, 0.2) is 61.1 Å². The van der Waals surface area contributed by atoms with E-state index in [9.17, 15) is 8.78 Å². The number of hydrogen-bond donors (Lipinski definition) is 1. The molecule has 2 heterocycles. The molecule has 2 aromatic heterocycles. The number of pyridine rings is 1. The summed E-state index contributed by atoms with van der Waals surface area (Å²) in [4.78, 5) is 11.6. The van der Waals surface area contributed by atoms with Gasteiger partial charge >= 0.3 is 0 Å². The second-order valence-electron chi connectivity index (χ2n) is 5.17. The van der Waals surface area contributed by atoms with Gasteiger partial charge < -0.3 is 4.98 Å². The van der Waals surface area contributed by atoms with Gasteiger partial charge in [0.15, 0.2) is 11.6 Å². The highest BCUT2D eigenvalue weighted by atomic mass is 19.2. The molecule has 5 heteroatoms. The molecular weight excluding hydrogens is 296 g/mol. The van der Waals surface area contributed by atoms with Crippen molar-refractivity contribution in [1.29, 1.82) is 0 Å². The second kappa shape index (κ2) is 5.28. The van der Waals surface area contributed by atoms with Crippen molar-refractivity contribution in [2.45, 2.75) is 0 Å². The number of nitrogens with one attached hydrogen (secondary N) is 1. The molecule has 4 rings (SSSR count). The SMILES string of the molecule is Fc1ccc(-c2nc[nH]c2-c2ccc3ncccc3c2)cc1F. The minimum absolute atomic E-state index is 0.520. The molecule has 0 fully saturated rings. The first kappa shape index (κ1) is 13.6. The van der Waals surface area contributed by atoms with E-state index in [4.69, 9.17) is 0 Å². The first-order valence-electron chi connectivity index (χ1n) is 7.06. The van der Waals surface area contributed by atoms with Crippen LogP contribution in [-0.4, -0.2) is 15.0 Å². The van der Waals surface area contributed by atoms with Crippen molar-refractivity contribution in [1.82, 2.24) is 15.0 Å². The van der Waals surface area contributed by atoms with Crippen LogP contribution in [0.4, 0.5) is 8.78 Å². The molecule has 112 valence electrons. The van der Waals surface area contributed by atoms with Crippen LogP contribution in [0, 0.1) is 11.6 Å². The van der Waals surface area contributed by atoms with Crippen LogP contribution in [-0.2, 0) is 0 Å². The number of benzene rings is 2. The molecule has 1 N–H and O–H groups in total. The van der Waals surface area contributed by atoms with E-state index in [1.54, 1.807) is 12.5 Å². The van der Waals surface area contributed by atoms with E-state index in [1.165, 1.54) is 6.07 Å². The molecule has 0 aliphatic carbocycles. The number of nitrogens with zero attached hydrogens (tertiary/aromatic N) is 2. The van der Waals surface area contributed by atoms with Crippen molar-refractivity contribution in [3.8, 4) is 22.5 Å². The number of halogens is 2. The zero-order chi connectivity index (χ0) is 15.8. The molecule has 4 aromatic rings. The summed E-state index contributed by atoms with van der Waals surface area (Å²) < 4.78 is 26.6. The molecule has 0 atom stereocenters. The van der Waals surface area contributed by atoms with E-state index < -0.39 is 11.6 Å². The highest BCUT2D eigenvalue weighted by Crippen LogP contribution is 2.31. The Labute approximate surface area is 130 Å². The van der Waals surface area contributed by atoms with Crippen LogP contribution in [0.3, 0.4) is 0 Å². The number of rotatable bonds is 2. The monoisotopic (exact) mass is 307 g/mol. The summed E-state index contributed by atoms with van der Waals surface area (Å²) in [6.07, 6.45) is 3.28. The molecular formula is C18H11F2N3. The third kappa shape index (κ3) is 2.36. The van der Waals surface area contributed by atoms with Gasteiger partial charge in [0.05, 0.1) is 23.2 Å². The summed E-state index contributed by atoms with van der Waals surface area (Å²) in [6.45, 7) is 0. The Balaban J connectivity index is 1.86. The minimum atomic E-state index is -0.890. The van der Waals surface area contributed by atoms with E-state index in [2.05, 4.69) is 15.0 Å². The Kier molecular flexibility index (Phi) is 3.12. The van der Waals surface area contributed by atoms with Crippen LogP contribution in [0.25, 0.3) is 33.4 Å². The molecule has 0 aliphatic rings. The molecule has 0 bridgehead atoms. The molecule has 0 saturated heterocycles. The number of fused-ring (bicyclic) bond motifs is 1. The molecule has 0 saturated carbocycles. The molecule has 3 nitrogen and oxygen atoms in total. The standard InChI is InChI=1S/C18H11F2N3/c19-14-5-3-13(9-15(14)20)18-17(22-10-23-18)12-4-6-16-11(8-12)2-1-7-21-16/h1-10H,(H,22,23). The number of imidazole rings is 1. The zero-order valence-electron chi connectivity index (χ0n) is 11.9. The molecule has 0 spiro atoms. The molecule has 0 aliphatic heterocycles. The second-order valence-corrected chi connectivity index (χ2v) is 5.17. The van der Waals surface area contributed by atoms with E-state index in [0.717, 1.165) is 34.3 Å². The van der Waals surface area contributed by atoms with Gasteiger partial charge in [-0.3, -0.25) is 4.98 Å². The number of H-pyrrole nitrogens is 1. The predicted molar refractivity (Wildman–Crippen MR) is 84.7 cm³/mol. The van der Waals surface area contributed by atoms with Gasteiger partial charge in [-0.25, -0.2) is 13.8 Å². The van der Waals surface area contributed by atoms with E-state index in [1.807, 2.05) is 30.3 Å². The Bertz CT molecular complexity index is 1010. The molecule has 23 heavy (non-hydrogen) atoms. The molecule has 0 radical (unpaired) electrons. The van der Waals surface area contributed by atoms with Gasteiger partial charge in [0, 0.05) is 22.7 Å². The largest absolute Gasteiger partial charge is 0.344 e. The minimum Gasteiger partial charge on any atom is -0.344 e. The van der Waals surface area contributed by atoms with E-state index in [-0.39, 0.29) is 0 Å². The van der Waals surface area contributed by atoms with Gasteiger partial charge in [-0.15, -0.1) is 0 Å². The van der Waals surface area contributed by atoms with Crippen molar-refractivity contribution in [2.24, 2.45) is 0 Å². The summed E-state index contributed by atoms with van der Waals surface area (Å²) in [5.41, 5.74) is 3.65. The summed E-state index contributed by atoms with van der Waals surface area (Å²) in [5, 5.41) is 0.996. The van der Waals surface area contributed by atoms with Crippen molar-refractivity contribution in [3.63, 3.8) is 0 Å². The van der Waals surface area contributed by atoms with Crippen LogP contribution in [0.5, 0.6) is 0 Å². The third-order valence-corrected chi connectivity index (χ3v) is 3.72. The van der Waals surface area contributed by atoms with Gasteiger partial charge in [-0.1, -0.05) is 12.1 Å². The van der Waals surface area contributed by atoms with E-state index in [0.29, 0.717) is 11.3 Å². The fourth-order valence-corrected chi connectivity index (χ4v) is 2.61. The van der Waals surface area contributed by atoms with Gasteiger partial charge in [-0.2, -0.15) is 0 Å². The lowest BCUT2D eigenvalue weighted by Crippen LogP contribution is -1.88. The van der Waals surface area contributed by atoms with Crippen molar-refractivity contribution >= 4 is 10.9 Å². The van der Waals surface area contributed by atoms with Gasteiger partial charge in [-0.05, 0) is 36.4 Å². The first-order chi connectivity index (χ1) is 11.2. The summed E-state index contributed by atoms with van der Waals surface area (Å²) in [6, 6.07) is 13.4. The number of hydrogen-bond acceptors (Lipinski definition) is 2. The number of aromatic nitrogens is 3. The average Bonchev–Trinajstić information content (AvgIpc) is 3.06. The van der Waals surface area contributed by atoms with Crippen LogP contribution in [0.2, 0.25) is 0 Å². The summed E-state index contributed by atoms with van der Waals surface area (Å²) in [7, 11) is 0. The Hall–Kier alpha value is -3.08. The van der Waals surface area contributed by atoms with Crippen LogP contribution in [0.1, 0.15) is 0 Å². The first-order valence-corrected chi connectivity index (χ1v) is 7.06. The van der Waals surface area contributed by atoms with E-state index >= 15 is 0 Å². The van der Waals surface area contributed by atoms with Crippen LogP contribution < -0.4 is 0 Å². The fraction of sp³-hybridized carbons (Fsp3) is 0. The van der Waals surface area contributed by atoms with Crippen molar-refractivity contribution < 1.29 is 8.78 Å². The third-order valence-electron chi connectivity index (χ3n) is 3.72. The lowest BCUT2D eigenvalue weighted by atomic mass is 10.0. The maximum atomic E-state index is 13.5. The summed E-state index contributed by atoms with van der Waals surface area (Å²) in [5.74, 6) is -1.76. The van der Waals surface area contributed by atoms with Crippen LogP contribution >= 0.6 is 0 Å². The fourth-order valence-electron chi connectivity index (χ4n) is 2.61. The Morgan fingerprint density at radius 1 is 0.826 bits per heavy atom. The summed E-state index contributed by atoms with van der Waals surface area (Å²) >= 11 is 0. The average molecular weight is 307 g/mol. The zero-order valence-corrected chi connectivity index (χ0v) is 11.9. The molecule has 0 amide bonds. The highest BCUT2D eigenvalue weighted by molar-refractivity contribution is 5.87. The maximum absolute atomic E-state index is 13.5. The molecule has 2 aromatic carbocycles. The Morgan fingerprint density at radius 2 is 1.70 bits per heavy atom.